The Bertz CT molecular complexity index is 709. The number of hydrogen-bond donors (Lipinski definition) is 4. The Hall–Kier alpha value is -0.840. The summed E-state index contributed by atoms with van der Waals surface area (Å²) in [6, 6.07) is 0.283. The van der Waals surface area contributed by atoms with Crippen LogP contribution in [-0.2, 0) is 0 Å². The van der Waals surface area contributed by atoms with E-state index in [-0.39, 0.29) is 23.0 Å². The molecule has 28 heavy (non-hydrogen) atoms. The van der Waals surface area contributed by atoms with Gasteiger partial charge in [-0.15, -0.1) is 0 Å². The molecule has 3 fully saturated rings. The van der Waals surface area contributed by atoms with Crippen LogP contribution in [0, 0.1) is 34.5 Å². The van der Waals surface area contributed by atoms with Crippen molar-refractivity contribution in [2.45, 2.75) is 71.4 Å². The van der Waals surface area contributed by atoms with Crippen molar-refractivity contribution < 1.29 is 10.2 Å². The largest absolute Gasteiger partial charge is 0.512 e. The second kappa shape index (κ2) is 6.58. The fraction of sp³-hybridized carbons (Fsp3) is 0.833. The van der Waals surface area contributed by atoms with Crippen LogP contribution in [0.3, 0.4) is 0 Å². The number of hydrogen-bond acceptors (Lipinski definition) is 4. The highest BCUT2D eigenvalue weighted by atomic mass is 16.3. The third kappa shape index (κ3) is 2.60. The van der Waals surface area contributed by atoms with Crippen LogP contribution < -0.4 is 10.6 Å². The molecule has 4 heteroatoms. The molecule has 0 aromatic rings. The highest BCUT2D eigenvalue weighted by Gasteiger charge is 2.60. The number of nitrogens with one attached hydrogen (secondary N) is 2. The molecule has 5 aliphatic rings. The normalized spacial score (nSPS) is 51.2. The lowest BCUT2D eigenvalue weighted by Crippen LogP contribution is -2.55. The zero-order chi connectivity index (χ0) is 19.7. The summed E-state index contributed by atoms with van der Waals surface area (Å²) >= 11 is 0. The number of piperazine rings is 1. The summed E-state index contributed by atoms with van der Waals surface area (Å²) in [6.07, 6.45) is 8.61. The van der Waals surface area contributed by atoms with E-state index in [0.717, 1.165) is 45.3 Å². The van der Waals surface area contributed by atoms with Crippen LogP contribution in [0.25, 0.3) is 0 Å². The first-order valence-electron chi connectivity index (χ1n) is 11.6. The molecule has 0 aromatic carbocycles. The maximum Gasteiger partial charge on any atom is 0.0939 e. The Morgan fingerprint density at radius 2 is 1.82 bits per heavy atom. The Morgan fingerprint density at radius 3 is 2.57 bits per heavy atom. The van der Waals surface area contributed by atoms with E-state index in [1.165, 1.54) is 24.0 Å². The third-order valence-electron chi connectivity index (χ3n) is 9.53. The van der Waals surface area contributed by atoms with Gasteiger partial charge in [-0.05, 0) is 72.2 Å². The summed E-state index contributed by atoms with van der Waals surface area (Å²) in [5.74, 6) is 3.09. The summed E-state index contributed by atoms with van der Waals surface area (Å²) in [7, 11) is 0. The average molecular weight is 387 g/mol. The number of aliphatic hydroxyl groups excluding tert-OH is 2. The van der Waals surface area contributed by atoms with E-state index < -0.39 is 0 Å². The molecule has 1 unspecified atom stereocenters. The first kappa shape index (κ1) is 19.1. The first-order valence-corrected chi connectivity index (χ1v) is 11.6. The van der Waals surface area contributed by atoms with Crippen LogP contribution in [0.5, 0.6) is 0 Å². The van der Waals surface area contributed by atoms with E-state index in [9.17, 15) is 10.2 Å². The highest BCUT2D eigenvalue weighted by molar-refractivity contribution is 5.36. The van der Waals surface area contributed by atoms with Crippen molar-refractivity contribution in [3.63, 3.8) is 0 Å². The van der Waals surface area contributed by atoms with E-state index in [4.69, 9.17) is 0 Å². The SMILES string of the molecule is C[C@H]1C=C2C[C@@H](O)CC[C@]2(C)[C@H]2CC[C@]3(C)C(C4CNCCN4)=C(O)C[C@H]3[C@H]12. The number of rotatable bonds is 1. The quantitative estimate of drug-likeness (QED) is 0.521. The van der Waals surface area contributed by atoms with E-state index in [1.807, 2.05) is 0 Å². The van der Waals surface area contributed by atoms with Crippen LogP contribution in [0.2, 0.25) is 0 Å². The molecule has 0 bridgehead atoms. The minimum absolute atomic E-state index is 0.117. The second-order valence-corrected chi connectivity index (χ2v) is 10.9. The highest BCUT2D eigenvalue weighted by Crippen LogP contribution is 2.67. The monoisotopic (exact) mass is 386 g/mol. The van der Waals surface area contributed by atoms with Crippen LogP contribution in [-0.4, -0.2) is 42.0 Å². The topological polar surface area (TPSA) is 64.5 Å². The van der Waals surface area contributed by atoms with Crippen molar-refractivity contribution in [2.24, 2.45) is 34.5 Å². The Morgan fingerprint density at radius 1 is 1.04 bits per heavy atom. The summed E-state index contributed by atoms with van der Waals surface area (Å²) in [5.41, 5.74) is 3.21. The van der Waals surface area contributed by atoms with Gasteiger partial charge in [0, 0.05) is 32.1 Å². The molecular formula is C24H38N2O2. The van der Waals surface area contributed by atoms with Crippen molar-refractivity contribution in [2.75, 3.05) is 19.6 Å². The van der Waals surface area contributed by atoms with Gasteiger partial charge in [-0.25, -0.2) is 0 Å². The van der Waals surface area contributed by atoms with Crippen molar-refractivity contribution in [3.05, 3.63) is 23.0 Å². The number of aliphatic hydroxyl groups is 2. The van der Waals surface area contributed by atoms with Gasteiger partial charge in [-0.1, -0.05) is 32.4 Å². The molecule has 1 saturated heterocycles. The van der Waals surface area contributed by atoms with E-state index >= 15 is 0 Å². The molecule has 4 aliphatic carbocycles. The maximum atomic E-state index is 11.1. The van der Waals surface area contributed by atoms with Gasteiger partial charge < -0.3 is 20.8 Å². The molecule has 2 saturated carbocycles. The fourth-order valence-corrected chi connectivity index (χ4v) is 8.14. The molecule has 0 amide bonds. The number of allylic oxidation sites excluding steroid dienone is 2. The van der Waals surface area contributed by atoms with E-state index in [0.29, 0.717) is 29.4 Å². The minimum atomic E-state index is -0.148. The Balaban J connectivity index is 1.49. The standard InChI is InChI=1S/C24H38N2O2/c1-14-10-15-11-16(27)4-6-23(15,2)17-5-7-24(3)18(21(14)17)12-20(28)22(24)19-13-25-8-9-26-19/h10,14,16-19,21,25-28H,4-9,11-13H2,1-3H3/t14-,16-,17-,18-,19?,21+,23-,24-/m0/s1. The van der Waals surface area contributed by atoms with Gasteiger partial charge in [0.25, 0.3) is 0 Å². The lowest BCUT2D eigenvalue weighted by Gasteiger charge is -2.59. The molecule has 156 valence electrons. The smallest absolute Gasteiger partial charge is 0.0939 e. The summed E-state index contributed by atoms with van der Waals surface area (Å²) in [4.78, 5) is 0. The van der Waals surface area contributed by atoms with Crippen LogP contribution >= 0.6 is 0 Å². The molecule has 4 N–H and O–H groups in total. The third-order valence-corrected chi connectivity index (χ3v) is 9.53. The van der Waals surface area contributed by atoms with Crippen LogP contribution in [0.1, 0.15) is 59.3 Å². The van der Waals surface area contributed by atoms with Gasteiger partial charge in [0.15, 0.2) is 0 Å². The van der Waals surface area contributed by atoms with Gasteiger partial charge in [0.2, 0.25) is 0 Å². The Labute approximate surface area is 169 Å². The molecule has 8 atom stereocenters. The van der Waals surface area contributed by atoms with Gasteiger partial charge in [0.1, 0.15) is 0 Å². The molecule has 4 nitrogen and oxygen atoms in total. The molecule has 5 rings (SSSR count). The minimum Gasteiger partial charge on any atom is -0.512 e. The van der Waals surface area contributed by atoms with Crippen LogP contribution in [0.4, 0.5) is 0 Å². The lowest BCUT2D eigenvalue weighted by atomic mass is 9.45. The number of fused-ring (bicyclic) bond motifs is 5. The van der Waals surface area contributed by atoms with Gasteiger partial charge >= 0.3 is 0 Å². The summed E-state index contributed by atoms with van der Waals surface area (Å²) in [6.45, 7) is 10.3. The second-order valence-electron chi connectivity index (χ2n) is 10.9. The average Bonchev–Trinajstić information content (AvgIpc) is 2.94. The van der Waals surface area contributed by atoms with Gasteiger partial charge in [0.05, 0.1) is 11.9 Å². The van der Waals surface area contributed by atoms with Gasteiger partial charge in [-0.2, -0.15) is 0 Å². The Kier molecular flexibility index (Phi) is 4.50. The molecule has 1 heterocycles. The molecule has 0 aromatic heterocycles. The van der Waals surface area contributed by atoms with E-state index in [2.05, 4.69) is 37.5 Å². The molecular weight excluding hydrogens is 348 g/mol. The molecule has 0 radical (unpaired) electrons. The van der Waals surface area contributed by atoms with Crippen molar-refractivity contribution >= 4 is 0 Å². The molecule has 0 spiro atoms. The zero-order valence-corrected chi connectivity index (χ0v) is 17.8. The van der Waals surface area contributed by atoms with Crippen molar-refractivity contribution in [3.8, 4) is 0 Å². The first-order chi connectivity index (χ1) is 13.3. The van der Waals surface area contributed by atoms with E-state index in [1.54, 1.807) is 0 Å². The van der Waals surface area contributed by atoms with Crippen molar-refractivity contribution in [1.29, 1.82) is 0 Å². The summed E-state index contributed by atoms with van der Waals surface area (Å²) in [5, 5.41) is 28.6. The maximum absolute atomic E-state index is 11.1. The predicted molar refractivity (Wildman–Crippen MR) is 112 cm³/mol. The predicted octanol–water partition coefficient (Wildman–Crippen LogP) is 3.54. The zero-order valence-electron chi connectivity index (χ0n) is 17.8. The summed E-state index contributed by atoms with van der Waals surface area (Å²) < 4.78 is 0. The van der Waals surface area contributed by atoms with Crippen molar-refractivity contribution in [1.82, 2.24) is 10.6 Å². The van der Waals surface area contributed by atoms with Gasteiger partial charge in [-0.3, -0.25) is 0 Å². The fourth-order valence-electron chi connectivity index (χ4n) is 8.14. The van der Waals surface area contributed by atoms with Crippen LogP contribution in [0.15, 0.2) is 23.0 Å². The molecule has 1 aliphatic heterocycles. The lowest BCUT2D eigenvalue weighted by molar-refractivity contribution is -0.0501.